The van der Waals surface area contributed by atoms with Crippen LogP contribution in [-0.2, 0) is 15.1 Å². The van der Waals surface area contributed by atoms with E-state index in [1.165, 1.54) is 11.3 Å². The number of nitrogen functional groups attached to an aromatic ring is 1. The minimum Gasteiger partial charge on any atom is -0.457 e. The zero-order valence-electron chi connectivity index (χ0n) is 21.2. The average molecular weight is 544 g/mol. The standard InChI is InChI=1S/C29H29N5O4S/c30-26(31)19-14-24(39-16-19)29(10-11-29)33-28(37)23-13-18-12-22(18)34(23)25(35)15-32-27(36)17-6-8-21(9-7-17)38-20-4-2-1-3-5-20/h1-9,14,16,18,22-23H,10-13,15H2,(H3,30,31)(H,32,36)(H,33,37). The molecule has 0 spiro atoms. The Morgan fingerprint density at radius 2 is 1.74 bits per heavy atom. The number of nitrogens with two attached hydrogens (primary N) is 1. The van der Waals surface area contributed by atoms with Gasteiger partial charge in [0.2, 0.25) is 11.8 Å². The Bertz CT molecular complexity index is 1430. The lowest BCUT2D eigenvalue weighted by Crippen LogP contribution is -2.52. The highest BCUT2D eigenvalue weighted by molar-refractivity contribution is 7.10. The van der Waals surface area contributed by atoms with Crippen molar-refractivity contribution in [3.63, 3.8) is 0 Å². The number of ether oxygens (including phenoxy) is 1. The van der Waals surface area contributed by atoms with E-state index in [2.05, 4.69) is 10.6 Å². The first-order valence-electron chi connectivity index (χ1n) is 13.0. The van der Waals surface area contributed by atoms with Crippen molar-refractivity contribution in [3.8, 4) is 11.5 Å². The van der Waals surface area contributed by atoms with Gasteiger partial charge in [0, 0.05) is 27.4 Å². The molecule has 200 valence electrons. The van der Waals surface area contributed by atoms with E-state index in [-0.39, 0.29) is 36.1 Å². The molecule has 0 radical (unpaired) electrons. The molecule has 2 heterocycles. The quantitative estimate of drug-likeness (QED) is 0.242. The normalized spacial score (nSPS) is 21.9. The van der Waals surface area contributed by atoms with E-state index in [4.69, 9.17) is 15.9 Å². The van der Waals surface area contributed by atoms with Crippen molar-refractivity contribution in [2.24, 2.45) is 11.7 Å². The number of rotatable bonds is 9. The molecule has 3 fully saturated rings. The smallest absolute Gasteiger partial charge is 0.251 e. The van der Waals surface area contributed by atoms with E-state index >= 15 is 0 Å². The van der Waals surface area contributed by atoms with Crippen molar-refractivity contribution in [2.45, 2.75) is 43.3 Å². The number of amidine groups is 1. The van der Waals surface area contributed by atoms with E-state index in [0.29, 0.717) is 35.0 Å². The zero-order valence-corrected chi connectivity index (χ0v) is 22.0. The van der Waals surface area contributed by atoms with Crippen LogP contribution in [0.15, 0.2) is 66.0 Å². The van der Waals surface area contributed by atoms with E-state index in [0.717, 1.165) is 24.1 Å². The number of hydrogen-bond acceptors (Lipinski definition) is 6. The van der Waals surface area contributed by atoms with Crippen LogP contribution in [0.25, 0.3) is 0 Å². The Hall–Kier alpha value is -4.18. The van der Waals surface area contributed by atoms with Gasteiger partial charge in [-0.2, -0.15) is 0 Å². The third kappa shape index (κ3) is 5.12. The largest absolute Gasteiger partial charge is 0.457 e. The SMILES string of the molecule is N=C(N)c1csc(C2(NC(=O)C3CC4CC4N3C(=O)CNC(=O)c3ccc(Oc4ccccc4)cc3)CC2)c1. The lowest BCUT2D eigenvalue weighted by atomic mass is 10.1. The van der Waals surface area contributed by atoms with Gasteiger partial charge in [0.05, 0.1) is 12.1 Å². The third-order valence-electron chi connectivity index (χ3n) is 7.69. The summed E-state index contributed by atoms with van der Waals surface area (Å²) in [4.78, 5) is 41.9. The lowest BCUT2D eigenvalue weighted by Gasteiger charge is -2.29. The maximum atomic E-state index is 13.4. The predicted molar refractivity (Wildman–Crippen MR) is 147 cm³/mol. The topological polar surface area (TPSA) is 138 Å². The molecule has 39 heavy (non-hydrogen) atoms. The van der Waals surface area contributed by atoms with Crippen LogP contribution in [0.4, 0.5) is 0 Å². The molecule has 0 bridgehead atoms. The Balaban J connectivity index is 1.05. The number of amides is 3. The molecule has 10 heteroatoms. The van der Waals surface area contributed by atoms with Crippen LogP contribution < -0.4 is 21.1 Å². The molecule has 3 unspecified atom stereocenters. The third-order valence-corrected chi connectivity index (χ3v) is 8.82. The van der Waals surface area contributed by atoms with Crippen molar-refractivity contribution in [1.82, 2.24) is 15.5 Å². The van der Waals surface area contributed by atoms with Gasteiger partial charge in [-0.25, -0.2) is 0 Å². The second kappa shape index (κ2) is 9.85. The Morgan fingerprint density at radius 3 is 2.41 bits per heavy atom. The summed E-state index contributed by atoms with van der Waals surface area (Å²) < 4.78 is 5.76. The van der Waals surface area contributed by atoms with Crippen LogP contribution >= 0.6 is 11.3 Å². The maximum absolute atomic E-state index is 13.4. The van der Waals surface area contributed by atoms with Gasteiger partial charge in [-0.1, -0.05) is 18.2 Å². The van der Waals surface area contributed by atoms with E-state index in [9.17, 15) is 14.4 Å². The fourth-order valence-electron chi connectivity index (χ4n) is 5.30. The van der Waals surface area contributed by atoms with Crippen molar-refractivity contribution in [3.05, 3.63) is 82.0 Å². The van der Waals surface area contributed by atoms with Crippen LogP contribution in [0.3, 0.4) is 0 Å². The molecule has 3 aliphatic rings. The number of nitrogens with one attached hydrogen (secondary N) is 3. The minimum atomic E-state index is -0.544. The van der Waals surface area contributed by atoms with Crippen LogP contribution in [0.1, 0.15) is 46.5 Å². The van der Waals surface area contributed by atoms with Crippen molar-refractivity contribution < 1.29 is 19.1 Å². The monoisotopic (exact) mass is 543 g/mol. The first-order chi connectivity index (χ1) is 18.8. The maximum Gasteiger partial charge on any atom is 0.251 e. The van der Waals surface area contributed by atoms with Crippen LogP contribution in [0, 0.1) is 11.3 Å². The van der Waals surface area contributed by atoms with Crippen molar-refractivity contribution in [2.75, 3.05) is 6.54 Å². The second-order valence-electron chi connectivity index (χ2n) is 10.4. The first kappa shape index (κ1) is 25.1. The lowest BCUT2D eigenvalue weighted by molar-refractivity contribution is -0.139. The second-order valence-corrected chi connectivity index (χ2v) is 11.3. The molecule has 9 nitrogen and oxygen atoms in total. The summed E-state index contributed by atoms with van der Waals surface area (Å²) in [5.41, 5.74) is 6.24. The molecule has 3 atom stereocenters. The number of piperidine rings is 1. The molecule has 3 amide bonds. The van der Waals surface area contributed by atoms with Gasteiger partial charge in [-0.15, -0.1) is 11.3 Å². The van der Waals surface area contributed by atoms with Gasteiger partial charge >= 0.3 is 0 Å². The van der Waals surface area contributed by atoms with Gasteiger partial charge in [0.25, 0.3) is 5.91 Å². The number of nitrogens with zero attached hydrogens (tertiary/aromatic N) is 1. The van der Waals surface area contributed by atoms with Gasteiger partial charge in [0.15, 0.2) is 0 Å². The molecule has 2 saturated carbocycles. The van der Waals surface area contributed by atoms with Crippen LogP contribution in [0.5, 0.6) is 11.5 Å². The number of para-hydroxylation sites is 1. The molecule has 2 aliphatic carbocycles. The molecular formula is C29H29N5O4S. The molecule has 2 aromatic carbocycles. The van der Waals surface area contributed by atoms with Gasteiger partial charge in [0.1, 0.15) is 23.4 Å². The van der Waals surface area contributed by atoms with Crippen LogP contribution in [0.2, 0.25) is 0 Å². The summed E-state index contributed by atoms with van der Waals surface area (Å²) in [6.45, 7) is -0.174. The molecule has 5 N–H and O–H groups in total. The molecular weight excluding hydrogens is 514 g/mol. The summed E-state index contributed by atoms with van der Waals surface area (Å²) in [6.07, 6.45) is 3.16. The number of fused-ring (bicyclic) bond motifs is 1. The number of likely N-dealkylation sites (tertiary alicyclic amines) is 1. The van der Waals surface area contributed by atoms with E-state index in [1.54, 1.807) is 29.2 Å². The van der Waals surface area contributed by atoms with Gasteiger partial charge in [-0.3, -0.25) is 19.8 Å². The van der Waals surface area contributed by atoms with Crippen molar-refractivity contribution in [1.29, 1.82) is 5.41 Å². The fourth-order valence-corrected chi connectivity index (χ4v) is 6.43. The minimum absolute atomic E-state index is 0.00536. The zero-order chi connectivity index (χ0) is 27.1. The summed E-state index contributed by atoms with van der Waals surface area (Å²) in [6, 6.07) is 17.5. The molecule has 1 saturated heterocycles. The predicted octanol–water partition coefficient (Wildman–Crippen LogP) is 3.35. The fraction of sp³-hybridized carbons (Fsp3) is 0.310. The number of carbonyl (C=O) groups is 3. The summed E-state index contributed by atoms with van der Waals surface area (Å²) >= 11 is 1.49. The highest BCUT2D eigenvalue weighted by Gasteiger charge is 2.57. The van der Waals surface area contributed by atoms with Crippen LogP contribution in [-0.4, -0.2) is 47.1 Å². The number of carbonyl (C=O) groups excluding carboxylic acids is 3. The van der Waals surface area contributed by atoms with Crippen molar-refractivity contribution >= 4 is 34.9 Å². The highest BCUT2D eigenvalue weighted by Crippen LogP contribution is 2.50. The van der Waals surface area contributed by atoms with E-state index < -0.39 is 11.6 Å². The molecule has 1 aliphatic heterocycles. The summed E-state index contributed by atoms with van der Waals surface area (Å²) in [7, 11) is 0. The molecule has 6 rings (SSSR count). The van der Waals surface area contributed by atoms with Gasteiger partial charge in [-0.05, 0) is 74.1 Å². The Kier molecular flexibility index (Phi) is 6.34. The average Bonchev–Trinajstić information content (AvgIpc) is 3.79. The Morgan fingerprint density at radius 1 is 1.03 bits per heavy atom. The number of hydrogen-bond donors (Lipinski definition) is 4. The Labute approximate surface area is 229 Å². The summed E-state index contributed by atoms with van der Waals surface area (Å²) in [5.74, 6) is 0.867. The highest BCUT2D eigenvalue weighted by atomic mass is 32.1. The molecule has 3 aromatic rings. The summed E-state index contributed by atoms with van der Waals surface area (Å²) in [5, 5.41) is 15.4. The van der Waals surface area contributed by atoms with Gasteiger partial charge < -0.3 is 26.0 Å². The number of benzene rings is 2. The number of thiophene rings is 1. The molecule has 1 aromatic heterocycles. The van der Waals surface area contributed by atoms with E-state index in [1.807, 2.05) is 41.8 Å². The first-order valence-corrected chi connectivity index (χ1v) is 13.9.